The molecule has 5 nitrogen and oxygen atoms in total. The summed E-state index contributed by atoms with van der Waals surface area (Å²) in [6.07, 6.45) is 0. The fraction of sp³-hybridized carbons (Fsp3) is 0.143. The summed E-state index contributed by atoms with van der Waals surface area (Å²) in [5.41, 5.74) is 4.44. The molecule has 0 saturated heterocycles. The molecule has 2 aromatic heterocycles. The maximum absolute atomic E-state index is 11.8. The Morgan fingerprint density at radius 1 is 1.00 bits per heavy atom. The number of fused-ring (bicyclic) bond motifs is 3. The Hall–Kier alpha value is -3.34. The quantitative estimate of drug-likeness (QED) is 0.247. The van der Waals surface area contributed by atoms with Gasteiger partial charge < -0.3 is 14.0 Å². The van der Waals surface area contributed by atoms with Gasteiger partial charge in [0.1, 0.15) is 11.2 Å². The van der Waals surface area contributed by atoms with E-state index in [1.165, 1.54) is 6.07 Å². The first kappa shape index (κ1) is 16.1. The molecule has 0 radical (unpaired) electrons. The molecule has 26 heavy (non-hydrogen) atoms. The lowest BCUT2D eigenvalue weighted by molar-refractivity contribution is 0.318. The second-order valence-corrected chi connectivity index (χ2v) is 6.43. The molecule has 130 valence electrons. The zero-order valence-corrected chi connectivity index (χ0v) is 14.7. The zero-order valence-electron chi connectivity index (χ0n) is 14.7. The molecule has 0 aliphatic heterocycles. The van der Waals surface area contributed by atoms with Crippen LogP contribution in [0.2, 0.25) is 0 Å². The van der Waals surface area contributed by atoms with Crippen molar-refractivity contribution >= 4 is 27.7 Å². The van der Waals surface area contributed by atoms with Crippen LogP contribution in [0.4, 0.5) is 0 Å². The van der Waals surface area contributed by atoms with Gasteiger partial charge in [0.2, 0.25) is 0 Å². The highest BCUT2D eigenvalue weighted by Crippen LogP contribution is 2.34. The average molecular weight is 347 g/mol. The molecule has 0 aliphatic rings. The first-order chi connectivity index (χ1) is 12.5. The molecular formula is C21H17NO4. The van der Waals surface area contributed by atoms with E-state index < -0.39 is 5.63 Å². The molecule has 0 aliphatic carbocycles. The molecule has 0 amide bonds. The van der Waals surface area contributed by atoms with Gasteiger partial charge in [-0.3, -0.25) is 0 Å². The molecule has 0 spiro atoms. The van der Waals surface area contributed by atoms with Crippen molar-refractivity contribution < 1.29 is 14.0 Å². The lowest BCUT2D eigenvalue weighted by atomic mass is 10.0. The lowest BCUT2D eigenvalue weighted by Crippen LogP contribution is -2.03. The van der Waals surface area contributed by atoms with E-state index in [0.717, 1.165) is 27.6 Å². The van der Waals surface area contributed by atoms with Gasteiger partial charge in [-0.15, -0.1) is 0 Å². The van der Waals surface area contributed by atoms with Crippen LogP contribution in [0, 0.1) is 20.8 Å². The number of benzene rings is 2. The molecule has 0 atom stereocenters. The van der Waals surface area contributed by atoms with Crippen LogP contribution in [0.5, 0.6) is 0 Å². The highest BCUT2D eigenvalue weighted by molar-refractivity contribution is 6.16. The van der Waals surface area contributed by atoms with E-state index in [1.807, 2.05) is 57.2 Å². The standard InChI is InChI=1S/C21H17NO4/c1-11-4-6-14(7-5-11)19(22-24)20-13(3)18-16(25-20)9-8-15-12(2)10-17(23)26-21(15)18/h4-10,24H,1-3H3/b22-19-. The van der Waals surface area contributed by atoms with Gasteiger partial charge in [0, 0.05) is 22.6 Å². The summed E-state index contributed by atoms with van der Waals surface area (Å²) in [5, 5.41) is 14.6. The van der Waals surface area contributed by atoms with Crippen LogP contribution >= 0.6 is 0 Å². The van der Waals surface area contributed by atoms with Gasteiger partial charge in [0.25, 0.3) is 0 Å². The van der Waals surface area contributed by atoms with E-state index in [2.05, 4.69) is 5.16 Å². The number of aryl methyl sites for hydroxylation is 3. The Kier molecular flexibility index (Phi) is 3.65. The normalized spacial score (nSPS) is 12.2. The maximum atomic E-state index is 11.8. The van der Waals surface area contributed by atoms with Crippen LogP contribution in [-0.2, 0) is 0 Å². The molecule has 2 heterocycles. The third kappa shape index (κ3) is 2.40. The van der Waals surface area contributed by atoms with Crippen molar-refractivity contribution in [1.82, 2.24) is 0 Å². The van der Waals surface area contributed by atoms with Crippen molar-refractivity contribution in [2.24, 2.45) is 5.16 Å². The van der Waals surface area contributed by atoms with E-state index in [0.29, 0.717) is 28.0 Å². The van der Waals surface area contributed by atoms with E-state index in [9.17, 15) is 10.0 Å². The molecule has 4 rings (SSSR count). The van der Waals surface area contributed by atoms with Crippen molar-refractivity contribution in [3.8, 4) is 0 Å². The van der Waals surface area contributed by atoms with Crippen molar-refractivity contribution in [1.29, 1.82) is 0 Å². The predicted molar refractivity (Wildman–Crippen MR) is 100 cm³/mol. The summed E-state index contributed by atoms with van der Waals surface area (Å²) in [6, 6.07) is 12.8. The van der Waals surface area contributed by atoms with Crippen LogP contribution in [-0.4, -0.2) is 10.9 Å². The first-order valence-corrected chi connectivity index (χ1v) is 8.25. The average Bonchev–Trinajstić information content (AvgIpc) is 2.94. The van der Waals surface area contributed by atoms with Crippen molar-refractivity contribution in [3.05, 3.63) is 80.9 Å². The van der Waals surface area contributed by atoms with Crippen LogP contribution in [0.1, 0.15) is 28.0 Å². The third-order valence-electron chi connectivity index (χ3n) is 4.65. The minimum atomic E-state index is -0.403. The topological polar surface area (TPSA) is 75.9 Å². The van der Waals surface area contributed by atoms with E-state index in [4.69, 9.17) is 8.83 Å². The number of hydrogen-bond donors (Lipinski definition) is 1. The van der Waals surface area contributed by atoms with Gasteiger partial charge in [-0.2, -0.15) is 0 Å². The van der Waals surface area contributed by atoms with Gasteiger partial charge in [0.05, 0.1) is 5.39 Å². The van der Waals surface area contributed by atoms with Gasteiger partial charge >= 0.3 is 5.63 Å². The molecular weight excluding hydrogens is 330 g/mol. The number of oxime groups is 1. The summed E-state index contributed by atoms with van der Waals surface area (Å²) in [4.78, 5) is 11.8. The van der Waals surface area contributed by atoms with Crippen LogP contribution in [0.3, 0.4) is 0 Å². The Bertz CT molecular complexity index is 1230. The maximum Gasteiger partial charge on any atom is 0.336 e. The molecule has 4 aromatic rings. The van der Waals surface area contributed by atoms with Crippen molar-refractivity contribution in [3.63, 3.8) is 0 Å². The first-order valence-electron chi connectivity index (χ1n) is 8.25. The van der Waals surface area contributed by atoms with Crippen LogP contribution in [0.25, 0.3) is 21.9 Å². The second-order valence-electron chi connectivity index (χ2n) is 6.43. The fourth-order valence-electron chi connectivity index (χ4n) is 3.28. The zero-order chi connectivity index (χ0) is 18.4. The smallest absolute Gasteiger partial charge is 0.336 e. The van der Waals surface area contributed by atoms with Gasteiger partial charge in [-0.1, -0.05) is 35.0 Å². The van der Waals surface area contributed by atoms with E-state index in [-0.39, 0.29) is 0 Å². The Morgan fingerprint density at radius 2 is 1.73 bits per heavy atom. The minimum absolute atomic E-state index is 0.335. The summed E-state index contributed by atoms with van der Waals surface area (Å²) >= 11 is 0. The molecule has 2 aromatic carbocycles. The fourth-order valence-corrected chi connectivity index (χ4v) is 3.28. The summed E-state index contributed by atoms with van der Waals surface area (Å²) in [7, 11) is 0. The largest absolute Gasteiger partial charge is 0.454 e. The molecule has 5 heteroatoms. The van der Waals surface area contributed by atoms with Crippen LogP contribution < -0.4 is 5.63 Å². The molecule has 0 unspecified atom stereocenters. The Morgan fingerprint density at radius 3 is 2.42 bits per heavy atom. The molecule has 1 N–H and O–H groups in total. The van der Waals surface area contributed by atoms with E-state index >= 15 is 0 Å². The number of furan rings is 1. The number of hydrogen-bond acceptors (Lipinski definition) is 5. The summed E-state index contributed by atoms with van der Waals surface area (Å²) in [5.74, 6) is 0.447. The highest BCUT2D eigenvalue weighted by atomic mass is 16.4. The Labute approximate surface area is 149 Å². The third-order valence-corrected chi connectivity index (χ3v) is 4.65. The van der Waals surface area contributed by atoms with Crippen molar-refractivity contribution in [2.45, 2.75) is 20.8 Å². The highest BCUT2D eigenvalue weighted by Gasteiger charge is 2.21. The number of nitrogens with zero attached hydrogens (tertiary/aromatic N) is 1. The minimum Gasteiger partial charge on any atom is -0.454 e. The van der Waals surface area contributed by atoms with Crippen molar-refractivity contribution in [2.75, 3.05) is 0 Å². The van der Waals surface area contributed by atoms with Gasteiger partial charge in [-0.25, -0.2) is 4.79 Å². The Balaban J connectivity index is 2.02. The van der Waals surface area contributed by atoms with Crippen LogP contribution in [0.15, 0.2) is 61.2 Å². The molecule has 0 bridgehead atoms. The molecule has 0 saturated carbocycles. The number of rotatable bonds is 2. The predicted octanol–water partition coefficient (Wildman–Crippen LogP) is 4.69. The summed E-state index contributed by atoms with van der Waals surface area (Å²) in [6.45, 7) is 5.72. The second kappa shape index (κ2) is 5.88. The monoisotopic (exact) mass is 347 g/mol. The summed E-state index contributed by atoms with van der Waals surface area (Å²) < 4.78 is 11.4. The van der Waals surface area contributed by atoms with E-state index in [1.54, 1.807) is 0 Å². The lowest BCUT2D eigenvalue weighted by Gasteiger charge is -2.03. The van der Waals surface area contributed by atoms with Gasteiger partial charge in [-0.05, 0) is 38.5 Å². The SMILES string of the molecule is Cc1ccc(/C(=N/O)c2oc3ccc4c(C)cc(=O)oc4c3c2C)cc1. The molecule has 0 fully saturated rings. The van der Waals surface area contributed by atoms with Gasteiger partial charge in [0.15, 0.2) is 11.5 Å².